The van der Waals surface area contributed by atoms with Crippen molar-refractivity contribution in [3.05, 3.63) is 83.0 Å². The van der Waals surface area contributed by atoms with E-state index in [1.54, 1.807) is 96.2 Å². The third-order valence-corrected chi connectivity index (χ3v) is 11.2. The highest BCUT2D eigenvalue weighted by atomic mass is 16.8. The summed E-state index contributed by atoms with van der Waals surface area (Å²) in [4.78, 5) is 25.4. The molecule has 2 aromatic rings. The number of methoxy groups -OCH3 is 6. The second kappa shape index (κ2) is 29.2. The van der Waals surface area contributed by atoms with Crippen LogP contribution in [0.5, 0.6) is 23.0 Å². The molecule has 3 aliphatic rings. The monoisotopic (exact) mass is 1030 g/mol. The van der Waals surface area contributed by atoms with Crippen LogP contribution >= 0.6 is 0 Å². The Hall–Kier alpha value is -4.98. The predicted molar refractivity (Wildman–Crippen MR) is 263 cm³/mol. The minimum absolute atomic E-state index is 0.0136. The summed E-state index contributed by atoms with van der Waals surface area (Å²) in [5.41, 5.74) is 1.05. The molecule has 0 spiro atoms. The van der Waals surface area contributed by atoms with E-state index in [2.05, 4.69) is 0 Å². The number of carbonyl (C=O) groups excluding carboxylic acids is 1. The Kier molecular flexibility index (Phi) is 24.2. The fourth-order valence-corrected chi connectivity index (χ4v) is 7.92. The molecule has 3 heterocycles. The molecule has 21 nitrogen and oxygen atoms in total. The van der Waals surface area contributed by atoms with Crippen molar-refractivity contribution in [2.45, 2.75) is 127 Å². The Morgan fingerprint density at radius 2 is 1.44 bits per heavy atom. The third kappa shape index (κ3) is 18.1. The molecule has 73 heavy (non-hydrogen) atoms. The van der Waals surface area contributed by atoms with Crippen molar-refractivity contribution in [3.63, 3.8) is 0 Å². The molecule has 2 saturated heterocycles. The molecule has 2 unspecified atom stereocenters. The van der Waals surface area contributed by atoms with Crippen molar-refractivity contribution in [3.8, 4) is 23.0 Å². The fraction of sp³-hybridized carbons (Fsp3) is 0.577. The minimum Gasteiger partial charge on any atom is -0.497 e. The van der Waals surface area contributed by atoms with Gasteiger partial charge in [0.2, 0.25) is 0 Å². The van der Waals surface area contributed by atoms with Gasteiger partial charge in [0, 0.05) is 40.6 Å². The minimum atomic E-state index is -1.17. The standard InChI is InChI=1S/C26H38O11.C26H36O10/c1-16(27)20(34-14-31-4)11-10-19(28)24-21(36-26(2,3)37-24)9-7-8-17-12-18(33-6)13-22(35-15-32-5)23(17)25(29)30;1-16-20(32-14-29-4)11-10-19(27)24-21(35-26(2,3)36-24)9-7-8-17-12-18(31-6)13-22(33-15-30-5)23(17)25(28)34-16/h7-8,10-13,16,19-21,24,27-28H,9,14-15H2,1-6H3,(H,29,30);7-8,10-13,16,19-21,24,27H,9,14-15H2,1-6H3/b8-7+,11-10-;8-7?,11-10-/t2*16-,19?,20+,21-,24+/m00/s1. The molecule has 3 aliphatic heterocycles. The van der Waals surface area contributed by atoms with Crippen molar-refractivity contribution in [2.75, 3.05) is 69.8 Å². The summed E-state index contributed by atoms with van der Waals surface area (Å²) in [6.07, 6.45) is 6.64. The Balaban J connectivity index is 0.000000317. The topological polar surface area (TPSA) is 254 Å². The number of benzene rings is 2. The van der Waals surface area contributed by atoms with Gasteiger partial charge >= 0.3 is 11.9 Å². The first-order chi connectivity index (χ1) is 34.7. The lowest BCUT2D eigenvalue weighted by Gasteiger charge is -2.24. The average Bonchev–Trinajstić information content (AvgIpc) is 3.84. The number of carboxylic acids is 1. The van der Waals surface area contributed by atoms with Gasteiger partial charge in [-0.05, 0) is 77.6 Å². The molecule has 5 rings (SSSR count). The Morgan fingerprint density at radius 3 is 2.07 bits per heavy atom. The normalized spacial score (nSPS) is 25.4. The maximum Gasteiger partial charge on any atom is 0.342 e. The number of carboxylic acid groups (broad SMARTS) is 1. The molecule has 2 fully saturated rings. The van der Waals surface area contributed by atoms with Gasteiger partial charge in [-0.25, -0.2) is 9.59 Å². The lowest BCUT2D eigenvalue weighted by Crippen LogP contribution is -2.35. The average molecular weight is 1040 g/mol. The van der Waals surface area contributed by atoms with Gasteiger partial charge < -0.3 is 91.5 Å². The number of cyclic esters (lactones) is 1. The number of carbonyl (C=O) groups is 2. The molecule has 0 bridgehead atoms. The summed E-state index contributed by atoms with van der Waals surface area (Å²) < 4.78 is 82.5. The summed E-state index contributed by atoms with van der Waals surface area (Å²) >= 11 is 0. The number of aliphatic hydroxyl groups is 3. The zero-order valence-electron chi connectivity index (χ0n) is 43.7. The number of hydrogen-bond acceptors (Lipinski definition) is 20. The summed E-state index contributed by atoms with van der Waals surface area (Å²) in [7, 11) is 8.88. The molecule has 408 valence electrons. The van der Waals surface area contributed by atoms with Gasteiger partial charge in [0.15, 0.2) is 25.2 Å². The maximum atomic E-state index is 13.4. The Labute approximate surface area is 427 Å². The van der Waals surface area contributed by atoms with E-state index >= 15 is 0 Å². The molecular weight excluding hydrogens is 961 g/mol. The van der Waals surface area contributed by atoms with Crippen LogP contribution in [0.1, 0.15) is 86.2 Å². The molecule has 4 N–H and O–H groups in total. The SMILES string of the molecule is COCOc1cc(OC)cc(/C=C/C[C@@H]2OC(C)(C)O[C@@H]2C(O)/C=C\[C@@H](OCOC)[C@H](C)O)c1C(=O)O.COCOc1cc(OC)cc2c1C(=O)O[C@@H](C)[C@H](OCOC)/C=C\C(O)[C@H]1OC(C)(C)O[C@H]1CC=C2. The van der Waals surface area contributed by atoms with E-state index in [9.17, 15) is 30.0 Å². The highest BCUT2D eigenvalue weighted by Crippen LogP contribution is 2.37. The van der Waals surface area contributed by atoms with Crippen molar-refractivity contribution in [2.24, 2.45) is 0 Å². The molecule has 0 amide bonds. The molecule has 0 radical (unpaired) electrons. The van der Waals surface area contributed by atoms with E-state index in [0.29, 0.717) is 35.5 Å². The van der Waals surface area contributed by atoms with Gasteiger partial charge in [0.1, 0.15) is 90.4 Å². The van der Waals surface area contributed by atoms with Crippen LogP contribution in [-0.2, 0) is 52.1 Å². The van der Waals surface area contributed by atoms with Gasteiger partial charge in [-0.15, -0.1) is 0 Å². The molecule has 10 atom stereocenters. The number of aromatic carboxylic acids is 1. The molecule has 0 saturated carbocycles. The van der Waals surface area contributed by atoms with E-state index in [0.717, 1.165) is 0 Å². The number of ether oxygens (including phenoxy) is 15. The van der Waals surface area contributed by atoms with Gasteiger partial charge in [-0.3, -0.25) is 0 Å². The largest absolute Gasteiger partial charge is 0.497 e. The number of fused-ring (bicyclic) bond motifs is 2. The zero-order valence-corrected chi connectivity index (χ0v) is 43.7. The maximum absolute atomic E-state index is 13.4. The Bertz CT molecular complexity index is 2170. The molecule has 2 aromatic carbocycles. The fourth-order valence-electron chi connectivity index (χ4n) is 7.92. The zero-order chi connectivity index (χ0) is 53.9. The number of aliphatic hydroxyl groups excluding tert-OH is 3. The summed E-state index contributed by atoms with van der Waals surface area (Å²) in [6.45, 7) is 10.1. The molecule has 21 heteroatoms. The van der Waals surface area contributed by atoms with E-state index in [4.69, 9.17) is 71.1 Å². The van der Waals surface area contributed by atoms with Crippen molar-refractivity contribution in [1.29, 1.82) is 0 Å². The van der Waals surface area contributed by atoms with Gasteiger partial charge in [-0.1, -0.05) is 48.6 Å². The van der Waals surface area contributed by atoms with Crippen LogP contribution in [0, 0.1) is 0 Å². The van der Waals surface area contributed by atoms with Crippen LogP contribution in [-0.4, -0.2) is 175 Å². The summed E-state index contributed by atoms with van der Waals surface area (Å²) in [5.74, 6) is -2.34. The number of esters is 1. The summed E-state index contributed by atoms with van der Waals surface area (Å²) in [5, 5.41) is 41.4. The van der Waals surface area contributed by atoms with E-state index in [-0.39, 0.29) is 49.8 Å². The molecule has 0 aliphatic carbocycles. The summed E-state index contributed by atoms with van der Waals surface area (Å²) in [6, 6.07) is 6.37. The van der Waals surface area contributed by atoms with E-state index in [1.165, 1.54) is 54.8 Å². The molecule has 0 aromatic heterocycles. The lowest BCUT2D eigenvalue weighted by atomic mass is 10.0. The predicted octanol–water partition coefficient (Wildman–Crippen LogP) is 5.65. The smallest absolute Gasteiger partial charge is 0.342 e. The van der Waals surface area contributed by atoms with Crippen molar-refractivity contribution >= 4 is 24.1 Å². The van der Waals surface area contributed by atoms with Crippen LogP contribution in [0.15, 0.2) is 60.7 Å². The lowest BCUT2D eigenvalue weighted by molar-refractivity contribution is -0.152. The second-order valence-electron chi connectivity index (χ2n) is 17.8. The van der Waals surface area contributed by atoms with Gasteiger partial charge in [0.25, 0.3) is 0 Å². The Morgan fingerprint density at radius 1 is 0.808 bits per heavy atom. The van der Waals surface area contributed by atoms with E-state index < -0.39 is 84.6 Å². The third-order valence-electron chi connectivity index (χ3n) is 11.2. The van der Waals surface area contributed by atoms with Crippen molar-refractivity contribution in [1.82, 2.24) is 0 Å². The first-order valence-electron chi connectivity index (χ1n) is 23.5. The second-order valence-corrected chi connectivity index (χ2v) is 17.8. The van der Waals surface area contributed by atoms with Crippen LogP contribution in [0.3, 0.4) is 0 Å². The number of rotatable bonds is 22. The van der Waals surface area contributed by atoms with Gasteiger partial charge in [0.05, 0.1) is 32.5 Å². The van der Waals surface area contributed by atoms with Crippen molar-refractivity contribution < 1.29 is 101 Å². The first kappa shape index (κ1) is 60.6. The van der Waals surface area contributed by atoms with E-state index in [1.807, 2.05) is 6.08 Å². The van der Waals surface area contributed by atoms with Gasteiger partial charge in [-0.2, -0.15) is 0 Å². The van der Waals surface area contributed by atoms with Crippen LogP contribution in [0.4, 0.5) is 0 Å². The highest BCUT2D eigenvalue weighted by Gasteiger charge is 2.45. The van der Waals surface area contributed by atoms with Crippen LogP contribution in [0.25, 0.3) is 12.2 Å². The van der Waals surface area contributed by atoms with Crippen LogP contribution < -0.4 is 18.9 Å². The first-order valence-corrected chi connectivity index (χ1v) is 23.5. The number of hydrogen-bond donors (Lipinski definition) is 4. The molecular formula is C52H74O21. The van der Waals surface area contributed by atoms with Crippen LogP contribution in [0.2, 0.25) is 0 Å². The highest BCUT2D eigenvalue weighted by molar-refractivity contribution is 5.97. The quantitative estimate of drug-likeness (QED) is 0.0631.